The van der Waals surface area contributed by atoms with Crippen molar-refractivity contribution in [3.63, 3.8) is 0 Å². The smallest absolute Gasteiger partial charge is 0.276 e. The van der Waals surface area contributed by atoms with E-state index in [1.165, 1.54) is 5.56 Å². The molecule has 0 spiro atoms. The second-order valence-electron chi connectivity index (χ2n) is 3.51. The van der Waals surface area contributed by atoms with Gasteiger partial charge in [0.2, 0.25) is 0 Å². The van der Waals surface area contributed by atoms with Crippen LogP contribution in [-0.2, 0) is 4.79 Å². The molecule has 1 aromatic rings. The van der Waals surface area contributed by atoms with Gasteiger partial charge in [0.25, 0.3) is 5.91 Å². The Bertz CT molecular complexity index is 476. The molecule has 0 atom stereocenters. The van der Waals surface area contributed by atoms with E-state index < -0.39 is 0 Å². The van der Waals surface area contributed by atoms with Gasteiger partial charge in [0.15, 0.2) is 5.11 Å². The monoisotopic (exact) mass is 252 g/mol. The van der Waals surface area contributed by atoms with E-state index in [2.05, 4.69) is 5.32 Å². The van der Waals surface area contributed by atoms with Crippen LogP contribution in [0.15, 0.2) is 17.1 Å². The molecule has 5 heteroatoms. The quantitative estimate of drug-likeness (QED) is 0.646. The molecule has 1 N–H and O–H groups in total. The lowest BCUT2D eigenvalue weighted by molar-refractivity contribution is -0.122. The number of thiocarbonyl (C=S) groups is 1. The van der Waals surface area contributed by atoms with Crippen molar-refractivity contribution < 1.29 is 4.79 Å². The predicted molar refractivity (Wildman–Crippen MR) is 70.2 cm³/mol. The van der Waals surface area contributed by atoms with Crippen molar-refractivity contribution in [1.82, 2.24) is 10.2 Å². The normalized spacial score (nSPS) is 18.4. The zero-order valence-corrected chi connectivity index (χ0v) is 10.7. The molecular weight excluding hydrogens is 240 g/mol. The van der Waals surface area contributed by atoms with E-state index in [-0.39, 0.29) is 5.91 Å². The summed E-state index contributed by atoms with van der Waals surface area (Å²) in [5, 5.41) is 5.45. The molecule has 1 saturated heterocycles. The fourth-order valence-electron chi connectivity index (χ4n) is 1.52. The Morgan fingerprint density at radius 2 is 2.38 bits per heavy atom. The van der Waals surface area contributed by atoms with E-state index in [9.17, 15) is 4.79 Å². The van der Waals surface area contributed by atoms with Crippen LogP contribution >= 0.6 is 23.6 Å². The Hall–Kier alpha value is -1.20. The fraction of sp³-hybridized carbons (Fsp3) is 0.273. The molecule has 0 radical (unpaired) electrons. The molecule has 0 aromatic carbocycles. The van der Waals surface area contributed by atoms with Crippen molar-refractivity contribution in [3.8, 4) is 0 Å². The maximum absolute atomic E-state index is 11.9. The minimum Gasteiger partial charge on any atom is -0.328 e. The van der Waals surface area contributed by atoms with Crippen LogP contribution in [0.3, 0.4) is 0 Å². The number of amides is 1. The molecule has 1 amide bonds. The van der Waals surface area contributed by atoms with Crippen LogP contribution in [-0.4, -0.2) is 22.5 Å². The fourth-order valence-corrected chi connectivity index (χ4v) is 2.70. The molecule has 1 aliphatic heterocycles. The van der Waals surface area contributed by atoms with Crippen LogP contribution in [0.25, 0.3) is 6.08 Å². The van der Waals surface area contributed by atoms with E-state index in [0.29, 0.717) is 17.4 Å². The van der Waals surface area contributed by atoms with Crippen LogP contribution < -0.4 is 5.32 Å². The predicted octanol–water partition coefficient (Wildman–Crippen LogP) is 2.13. The number of rotatable bonds is 2. The summed E-state index contributed by atoms with van der Waals surface area (Å²) >= 11 is 6.70. The van der Waals surface area contributed by atoms with Crippen molar-refractivity contribution in [2.45, 2.75) is 13.8 Å². The number of carbonyl (C=O) groups excluding carboxylic acids is 1. The van der Waals surface area contributed by atoms with Crippen LogP contribution in [0.5, 0.6) is 0 Å². The average Bonchev–Trinajstić information content (AvgIpc) is 2.74. The second-order valence-corrected chi connectivity index (χ2v) is 4.84. The Kier molecular flexibility index (Phi) is 3.07. The van der Waals surface area contributed by atoms with E-state index >= 15 is 0 Å². The maximum Gasteiger partial charge on any atom is 0.276 e. The number of thiophene rings is 1. The summed E-state index contributed by atoms with van der Waals surface area (Å²) in [6, 6.07) is 2.03. The first-order valence-electron chi connectivity index (χ1n) is 5.02. The third-order valence-electron chi connectivity index (χ3n) is 2.46. The van der Waals surface area contributed by atoms with Crippen molar-refractivity contribution in [1.29, 1.82) is 0 Å². The van der Waals surface area contributed by atoms with Gasteiger partial charge in [0, 0.05) is 11.4 Å². The molecule has 16 heavy (non-hydrogen) atoms. The van der Waals surface area contributed by atoms with Gasteiger partial charge in [-0.2, -0.15) is 0 Å². The first kappa shape index (κ1) is 11.3. The highest BCUT2D eigenvalue weighted by atomic mass is 32.1. The van der Waals surface area contributed by atoms with Gasteiger partial charge in [0.05, 0.1) is 0 Å². The second kappa shape index (κ2) is 4.35. The summed E-state index contributed by atoms with van der Waals surface area (Å²) in [5.74, 6) is -0.0414. The van der Waals surface area contributed by atoms with Gasteiger partial charge in [0.1, 0.15) is 5.70 Å². The average molecular weight is 252 g/mol. The van der Waals surface area contributed by atoms with Crippen LogP contribution in [0.1, 0.15) is 17.4 Å². The lowest BCUT2D eigenvalue weighted by Gasteiger charge is -2.08. The van der Waals surface area contributed by atoms with Crippen molar-refractivity contribution in [2.75, 3.05) is 6.54 Å². The summed E-state index contributed by atoms with van der Waals surface area (Å²) in [6.45, 7) is 4.54. The zero-order valence-electron chi connectivity index (χ0n) is 9.11. The van der Waals surface area contributed by atoms with Crippen molar-refractivity contribution in [2.24, 2.45) is 0 Å². The molecule has 1 aliphatic rings. The Balaban J connectivity index is 2.31. The summed E-state index contributed by atoms with van der Waals surface area (Å²) in [4.78, 5) is 14.6. The molecular formula is C11H12N2OS2. The molecule has 84 valence electrons. The van der Waals surface area contributed by atoms with Crippen LogP contribution in [0, 0.1) is 6.92 Å². The minimum atomic E-state index is -0.0414. The number of nitrogens with one attached hydrogen (secondary N) is 1. The number of aryl methyl sites for hydroxylation is 1. The Morgan fingerprint density at radius 3 is 2.88 bits per heavy atom. The molecule has 2 heterocycles. The Labute approximate surface area is 104 Å². The third-order valence-corrected chi connectivity index (χ3v) is 3.74. The number of hydrogen-bond acceptors (Lipinski definition) is 3. The highest BCUT2D eigenvalue weighted by Gasteiger charge is 2.29. The van der Waals surface area contributed by atoms with Gasteiger partial charge in [-0.15, -0.1) is 11.3 Å². The van der Waals surface area contributed by atoms with Gasteiger partial charge < -0.3 is 5.32 Å². The Morgan fingerprint density at radius 1 is 1.62 bits per heavy atom. The van der Waals surface area contributed by atoms with Crippen LogP contribution in [0.2, 0.25) is 0 Å². The summed E-state index contributed by atoms with van der Waals surface area (Å²) in [7, 11) is 0. The van der Waals surface area contributed by atoms with E-state index in [1.54, 1.807) is 16.2 Å². The molecule has 1 aromatic heterocycles. The molecule has 3 nitrogen and oxygen atoms in total. The first-order valence-corrected chi connectivity index (χ1v) is 6.31. The van der Waals surface area contributed by atoms with Gasteiger partial charge in [-0.05, 0) is 49.2 Å². The maximum atomic E-state index is 11.9. The highest BCUT2D eigenvalue weighted by Crippen LogP contribution is 2.21. The van der Waals surface area contributed by atoms with Gasteiger partial charge in [-0.3, -0.25) is 9.69 Å². The van der Waals surface area contributed by atoms with Gasteiger partial charge in [-0.25, -0.2) is 0 Å². The SMILES string of the molecule is CCN1C(=O)/C(=C\c2sccc2C)NC1=S. The third kappa shape index (κ3) is 1.88. The number of nitrogens with zero attached hydrogens (tertiary/aromatic N) is 1. The zero-order chi connectivity index (χ0) is 11.7. The standard InChI is InChI=1S/C11H12N2OS2/c1-3-13-10(14)8(12-11(13)15)6-9-7(2)4-5-16-9/h4-6H,3H2,1-2H3,(H,12,15)/b8-6+. The van der Waals surface area contributed by atoms with E-state index in [1.807, 2.05) is 31.4 Å². The molecule has 0 bridgehead atoms. The minimum absolute atomic E-state index is 0.0414. The largest absolute Gasteiger partial charge is 0.328 e. The summed E-state index contributed by atoms with van der Waals surface area (Å²) in [6.07, 6.45) is 1.87. The van der Waals surface area contributed by atoms with Crippen molar-refractivity contribution >= 4 is 40.7 Å². The van der Waals surface area contributed by atoms with E-state index in [4.69, 9.17) is 12.2 Å². The number of likely N-dealkylation sites (N-methyl/N-ethyl adjacent to an activating group) is 1. The topological polar surface area (TPSA) is 32.3 Å². The molecule has 1 fully saturated rings. The van der Waals surface area contributed by atoms with Crippen LogP contribution in [0.4, 0.5) is 0 Å². The van der Waals surface area contributed by atoms with E-state index in [0.717, 1.165) is 4.88 Å². The first-order chi connectivity index (χ1) is 7.63. The molecule has 0 aliphatic carbocycles. The highest BCUT2D eigenvalue weighted by molar-refractivity contribution is 7.80. The van der Waals surface area contributed by atoms with Crippen molar-refractivity contribution in [3.05, 3.63) is 27.6 Å². The van der Waals surface area contributed by atoms with Gasteiger partial charge in [-0.1, -0.05) is 0 Å². The summed E-state index contributed by atoms with van der Waals surface area (Å²) < 4.78 is 0. The lowest BCUT2D eigenvalue weighted by Crippen LogP contribution is -2.30. The molecule has 0 unspecified atom stereocenters. The summed E-state index contributed by atoms with van der Waals surface area (Å²) in [5.41, 5.74) is 1.74. The molecule has 2 rings (SSSR count). The number of hydrogen-bond donors (Lipinski definition) is 1. The van der Waals surface area contributed by atoms with Gasteiger partial charge >= 0.3 is 0 Å². The number of carbonyl (C=O) groups is 1. The molecule has 0 saturated carbocycles. The lowest BCUT2D eigenvalue weighted by atomic mass is 10.2.